The molecule has 2 bridgehead atoms. The average molecular weight is 366 g/mol. The van der Waals surface area contributed by atoms with Crippen LogP contribution in [0.5, 0.6) is 23.0 Å². The normalized spacial score (nSPS) is 11.7. The molecular weight excluding hydrogens is 348 g/mol. The highest BCUT2D eigenvalue weighted by Gasteiger charge is 2.21. The van der Waals surface area contributed by atoms with Crippen molar-refractivity contribution in [2.45, 2.75) is 0 Å². The van der Waals surface area contributed by atoms with Gasteiger partial charge in [0.25, 0.3) is 0 Å². The Morgan fingerprint density at radius 1 is 0.667 bits per heavy atom. The van der Waals surface area contributed by atoms with Gasteiger partial charge in [-0.3, -0.25) is 0 Å². The number of rotatable bonds is 4. The first-order valence-electron chi connectivity index (χ1n) is 8.29. The van der Waals surface area contributed by atoms with Crippen molar-refractivity contribution < 1.29 is 23.4 Å². The lowest BCUT2D eigenvalue weighted by Crippen LogP contribution is -2.30. The predicted molar refractivity (Wildman–Crippen MR) is 102 cm³/mol. The molecule has 0 atom stereocenters. The van der Waals surface area contributed by atoms with E-state index in [-0.39, 0.29) is 0 Å². The van der Waals surface area contributed by atoms with Crippen LogP contribution < -0.4 is 35.0 Å². The zero-order valence-corrected chi connectivity index (χ0v) is 15.4. The second kappa shape index (κ2) is 6.39. The van der Waals surface area contributed by atoms with E-state index in [0.29, 0.717) is 45.1 Å². The van der Waals surface area contributed by atoms with Gasteiger partial charge in [0.1, 0.15) is 28.8 Å². The predicted octanol–water partition coefficient (Wildman–Crippen LogP) is 1.80. The Balaban J connectivity index is 2.31. The highest BCUT2D eigenvalue weighted by atomic mass is 16.5. The van der Waals surface area contributed by atoms with Crippen molar-refractivity contribution in [2.24, 2.45) is 0 Å². The lowest BCUT2D eigenvalue weighted by atomic mass is 9.99. The molecule has 1 aliphatic carbocycles. The van der Waals surface area contributed by atoms with E-state index in [2.05, 4.69) is 0 Å². The van der Waals surface area contributed by atoms with E-state index < -0.39 is 5.63 Å². The van der Waals surface area contributed by atoms with Crippen LogP contribution in [0.15, 0.2) is 33.5 Å². The molecule has 3 aromatic rings. The molecule has 0 fully saturated rings. The topological polar surface area (TPSA) is 67.1 Å². The maximum atomic E-state index is 12.7. The van der Waals surface area contributed by atoms with E-state index >= 15 is 0 Å². The van der Waals surface area contributed by atoms with Gasteiger partial charge in [0.15, 0.2) is 0 Å². The van der Waals surface area contributed by atoms with Gasteiger partial charge in [0.2, 0.25) is 0 Å². The van der Waals surface area contributed by atoms with Crippen LogP contribution >= 0.6 is 0 Å². The second-order valence-corrected chi connectivity index (χ2v) is 5.97. The van der Waals surface area contributed by atoms with Gasteiger partial charge in [-0.05, 0) is 36.4 Å². The molecule has 138 valence electrons. The fourth-order valence-electron chi connectivity index (χ4n) is 3.48. The van der Waals surface area contributed by atoms with Crippen molar-refractivity contribution in [3.63, 3.8) is 0 Å². The van der Waals surface area contributed by atoms with Gasteiger partial charge < -0.3 is 23.4 Å². The molecule has 27 heavy (non-hydrogen) atoms. The van der Waals surface area contributed by atoms with Crippen molar-refractivity contribution in [2.75, 3.05) is 28.4 Å². The summed E-state index contributed by atoms with van der Waals surface area (Å²) in [5, 5.41) is 2.79. The molecule has 0 saturated heterocycles. The summed E-state index contributed by atoms with van der Waals surface area (Å²) in [6, 6.07) is 7.17. The smallest absolute Gasteiger partial charge is 0.344 e. The minimum Gasteiger partial charge on any atom is -0.496 e. The summed E-state index contributed by atoms with van der Waals surface area (Å²) < 4.78 is 27.6. The molecule has 1 aliphatic heterocycles. The van der Waals surface area contributed by atoms with Crippen LogP contribution in [0.1, 0.15) is 11.3 Å². The number of hydrogen-bond acceptors (Lipinski definition) is 6. The van der Waals surface area contributed by atoms with Crippen LogP contribution in [0.2, 0.25) is 0 Å². The fraction of sp³-hybridized carbons (Fsp3) is 0.190. The van der Waals surface area contributed by atoms with Crippen molar-refractivity contribution in [3.8, 4) is 23.0 Å². The molecule has 2 heterocycles. The van der Waals surface area contributed by atoms with E-state index in [1.807, 2.05) is 6.07 Å². The van der Waals surface area contributed by atoms with Crippen molar-refractivity contribution in [1.29, 1.82) is 0 Å². The molecular formula is C21H18O6. The Hall–Kier alpha value is -3.41. The molecule has 0 saturated carbocycles. The van der Waals surface area contributed by atoms with Crippen LogP contribution in [0.3, 0.4) is 0 Å². The maximum absolute atomic E-state index is 12.7. The van der Waals surface area contributed by atoms with Crippen LogP contribution in [0.25, 0.3) is 22.9 Å². The quantitative estimate of drug-likeness (QED) is 0.549. The van der Waals surface area contributed by atoms with Crippen molar-refractivity contribution in [1.82, 2.24) is 0 Å². The highest BCUT2D eigenvalue weighted by molar-refractivity contribution is 6.02. The summed E-state index contributed by atoms with van der Waals surface area (Å²) in [6.07, 6.45) is 3.51. The number of benzene rings is 2. The van der Waals surface area contributed by atoms with E-state index in [4.69, 9.17) is 23.4 Å². The largest absolute Gasteiger partial charge is 0.496 e. The third kappa shape index (κ3) is 2.44. The average Bonchev–Trinajstić information content (AvgIpc) is 2.68. The summed E-state index contributed by atoms with van der Waals surface area (Å²) in [5.74, 6) is 2.78. The lowest BCUT2D eigenvalue weighted by molar-refractivity contribution is 0.396. The standard InChI is InChI=1S/C21H18O6/c1-23-14-5-6-15(24-2)12-10-18-20-17(26-4)8-7-16(25-3)19(20)13(9-11(12)14)21(22)27-18/h5-10H,1-4H3. The number of hydrogen-bond donors (Lipinski definition) is 0. The molecule has 6 nitrogen and oxygen atoms in total. The van der Waals surface area contributed by atoms with Crippen LogP contribution in [0.4, 0.5) is 0 Å². The van der Waals surface area contributed by atoms with Gasteiger partial charge in [0, 0.05) is 15.8 Å². The Labute approximate surface area is 154 Å². The molecule has 0 spiro atoms. The summed E-state index contributed by atoms with van der Waals surface area (Å²) in [5.41, 5.74) is -0.0961. The van der Waals surface area contributed by atoms with Crippen LogP contribution in [-0.4, -0.2) is 28.4 Å². The molecule has 2 aliphatic rings. The molecule has 0 amide bonds. The Kier molecular flexibility index (Phi) is 4.03. The van der Waals surface area contributed by atoms with Crippen LogP contribution in [0, 0.1) is 0 Å². The molecule has 0 unspecified atom stereocenters. The Bertz CT molecular complexity index is 1240. The first kappa shape index (κ1) is 17.0. The lowest BCUT2D eigenvalue weighted by Gasteiger charge is -2.15. The molecule has 0 N–H and O–H groups in total. The van der Waals surface area contributed by atoms with Crippen molar-refractivity contribution >= 4 is 22.9 Å². The first-order chi connectivity index (χ1) is 13.1. The van der Waals surface area contributed by atoms with Gasteiger partial charge in [-0.25, -0.2) is 4.79 Å². The summed E-state index contributed by atoms with van der Waals surface area (Å²) in [4.78, 5) is 12.7. The molecule has 0 radical (unpaired) electrons. The SMILES string of the molecule is COc1ccc(OC)c2c1=Cc1oc(=O)c(c3c(OC)ccc(OC)c13)C=2. The molecule has 2 aromatic carbocycles. The van der Waals surface area contributed by atoms with Gasteiger partial charge in [-0.15, -0.1) is 0 Å². The van der Waals surface area contributed by atoms with E-state index in [0.717, 1.165) is 10.4 Å². The first-order valence-corrected chi connectivity index (χ1v) is 8.29. The molecule has 1 aromatic heterocycles. The third-order valence-corrected chi connectivity index (χ3v) is 4.72. The van der Waals surface area contributed by atoms with E-state index in [9.17, 15) is 4.79 Å². The van der Waals surface area contributed by atoms with E-state index in [1.165, 1.54) is 0 Å². The third-order valence-electron chi connectivity index (χ3n) is 4.72. The number of methoxy groups -OCH3 is 4. The summed E-state index contributed by atoms with van der Waals surface area (Å²) in [7, 11) is 6.31. The van der Waals surface area contributed by atoms with Gasteiger partial charge in [-0.2, -0.15) is 0 Å². The molecule has 6 heteroatoms. The summed E-state index contributed by atoms with van der Waals surface area (Å²) in [6.45, 7) is 0. The maximum Gasteiger partial charge on any atom is 0.344 e. The van der Waals surface area contributed by atoms with Crippen molar-refractivity contribution in [3.05, 3.63) is 56.4 Å². The fourth-order valence-corrected chi connectivity index (χ4v) is 3.48. The summed E-state index contributed by atoms with van der Waals surface area (Å²) >= 11 is 0. The minimum absolute atomic E-state index is 0.366. The Morgan fingerprint density at radius 2 is 1.15 bits per heavy atom. The zero-order chi connectivity index (χ0) is 19.1. The second-order valence-electron chi connectivity index (χ2n) is 5.97. The van der Waals surface area contributed by atoms with Gasteiger partial charge in [0.05, 0.1) is 39.4 Å². The van der Waals surface area contributed by atoms with Gasteiger partial charge in [-0.1, -0.05) is 0 Å². The minimum atomic E-state index is -0.462. The van der Waals surface area contributed by atoms with E-state index in [1.54, 1.807) is 58.8 Å². The highest BCUT2D eigenvalue weighted by Crippen LogP contribution is 2.37. The van der Waals surface area contributed by atoms with Gasteiger partial charge >= 0.3 is 5.63 Å². The number of ether oxygens (including phenoxy) is 4. The molecule has 5 rings (SSSR count). The monoisotopic (exact) mass is 366 g/mol. The number of fused-ring (bicyclic) bond motifs is 1. The Morgan fingerprint density at radius 3 is 1.70 bits per heavy atom. The van der Waals surface area contributed by atoms with Crippen LogP contribution in [-0.2, 0) is 0 Å². The zero-order valence-electron chi connectivity index (χ0n) is 15.4.